The second kappa shape index (κ2) is 5.97. The summed E-state index contributed by atoms with van der Waals surface area (Å²) in [6.45, 7) is 0.966. The number of anilines is 1. The molecule has 0 radical (unpaired) electrons. The number of rotatable bonds is 6. The Morgan fingerprint density at radius 3 is 2.81 bits per heavy atom. The Balaban J connectivity index is 2.24. The van der Waals surface area contributed by atoms with Crippen LogP contribution in [0.25, 0.3) is 0 Å². The summed E-state index contributed by atoms with van der Waals surface area (Å²) in [5.41, 5.74) is 0. The fourth-order valence-corrected chi connectivity index (χ4v) is 1.68. The topological polar surface area (TPSA) is 84.0 Å². The van der Waals surface area contributed by atoms with Gasteiger partial charge in [0.25, 0.3) is 0 Å². The van der Waals surface area contributed by atoms with E-state index >= 15 is 0 Å². The zero-order valence-electron chi connectivity index (χ0n) is 8.77. The van der Waals surface area contributed by atoms with Gasteiger partial charge in [-0.15, -0.1) is 0 Å². The highest BCUT2D eigenvalue weighted by Crippen LogP contribution is 2.15. The number of hydrogen-bond donors (Lipinski definition) is 2. The van der Waals surface area contributed by atoms with Gasteiger partial charge >= 0.3 is 0 Å². The van der Waals surface area contributed by atoms with Gasteiger partial charge in [-0.2, -0.15) is 0 Å². The summed E-state index contributed by atoms with van der Waals surface area (Å²) in [5.74, 6) is 0.552. The van der Waals surface area contributed by atoms with Crippen LogP contribution in [0.2, 0.25) is 5.02 Å². The molecule has 0 amide bonds. The summed E-state index contributed by atoms with van der Waals surface area (Å²) < 4.78 is 23.9. The van der Waals surface area contributed by atoms with Gasteiger partial charge in [0.2, 0.25) is 10.0 Å². The van der Waals surface area contributed by atoms with Crippen LogP contribution in [0.5, 0.6) is 0 Å². The quantitative estimate of drug-likeness (QED) is 0.730. The number of hydrogen-bond acceptors (Lipinski definition) is 5. The Morgan fingerprint density at radius 1 is 1.44 bits per heavy atom. The third kappa shape index (κ3) is 5.24. The molecule has 1 rings (SSSR count). The molecule has 1 heterocycles. The minimum absolute atomic E-state index is 0.383. The van der Waals surface area contributed by atoms with Crippen molar-refractivity contribution in [3.63, 3.8) is 0 Å². The van der Waals surface area contributed by atoms with Crippen LogP contribution in [-0.4, -0.2) is 37.7 Å². The molecule has 0 unspecified atom stereocenters. The third-order valence-corrected chi connectivity index (χ3v) is 2.68. The van der Waals surface area contributed by atoms with Crippen LogP contribution in [0.15, 0.2) is 12.5 Å². The lowest BCUT2D eigenvalue weighted by molar-refractivity contribution is 0.586. The van der Waals surface area contributed by atoms with Gasteiger partial charge in [-0.3, -0.25) is 0 Å². The van der Waals surface area contributed by atoms with Crippen LogP contribution in [-0.2, 0) is 10.0 Å². The summed E-state index contributed by atoms with van der Waals surface area (Å²) in [5, 5.41) is 3.42. The van der Waals surface area contributed by atoms with Gasteiger partial charge < -0.3 is 5.32 Å². The van der Waals surface area contributed by atoms with Gasteiger partial charge in [-0.1, -0.05) is 11.6 Å². The number of halogens is 1. The molecule has 0 saturated carbocycles. The number of nitrogens with one attached hydrogen (secondary N) is 2. The van der Waals surface area contributed by atoms with Crippen molar-refractivity contribution in [2.45, 2.75) is 6.42 Å². The zero-order valence-corrected chi connectivity index (χ0v) is 10.3. The molecule has 6 nitrogen and oxygen atoms in total. The van der Waals surface area contributed by atoms with Crippen molar-refractivity contribution in [3.8, 4) is 0 Å². The van der Waals surface area contributed by atoms with E-state index in [9.17, 15) is 8.42 Å². The molecule has 1 aromatic rings. The Labute approximate surface area is 99.5 Å². The van der Waals surface area contributed by atoms with Crippen LogP contribution in [0.3, 0.4) is 0 Å². The molecule has 2 N–H and O–H groups in total. The van der Waals surface area contributed by atoms with Crippen LogP contribution in [0.1, 0.15) is 6.42 Å². The monoisotopic (exact) mass is 264 g/mol. The van der Waals surface area contributed by atoms with E-state index in [2.05, 4.69) is 20.0 Å². The average molecular weight is 265 g/mol. The fourth-order valence-electron chi connectivity index (χ4n) is 0.995. The summed E-state index contributed by atoms with van der Waals surface area (Å²) in [4.78, 5) is 7.68. The predicted octanol–water partition coefficient (Wildman–Crippen LogP) is 0.481. The smallest absolute Gasteiger partial charge is 0.208 e. The first kappa shape index (κ1) is 13.1. The Morgan fingerprint density at radius 2 is 2.19 bits per heavy atom. The molecule has 0 spiro atoms. The van der Waals surface area contributed by atoms with Crippen molar-refractivity contribution in [2.75, 3.05) is 24.7 Å². The Kier molecular flexibility index (Phi) is 4.91. The van der Waals surface area contributed by atoms with Crippen molar-refractivity contribution in [1.29, 1.82) is 0 Å². The molecule has 0 bridgehead atoms. The maximum Gasteiger partial charge on any atom is 0.208 e. The normalized spacial score (nSPS) is 11.4. The Bertz CT molecular complexity index is 437. The van der Waals surface area contributed by atoms with E-state index in [1.165, 1.54) is 12.5 Å². The molecule has 1 aromatic heterocycles. The van der Waals surface area contributed by atoms with Gasteiger partial charge in [-0.05, 0) is 6.42 Å². The van der Waals surface area contributed by atoms with E-state index in [0.29, 0.717) is 30.4 Å². The van der Waals surface area contributed by atoms with Crippen molar-refractivity contribution in [3.05, 3.63) is 17.5 Å². The van der Waals surface area contributed by atoms with Gasteiger partial charge in [0.05, 0.1) is 12.5 Å². The minimum Gasteiger partial charge on any atom is -0.369 e. The highest BCUT2D eigenvalue weighted by Gasteiger charge is 2.01. The minimum atomic E-state index is -3.11. The standard InChI is InChI=1S/C8H13ClN4O2S/c1-16(14,15)13-4-2-3-11-8-7(9)5-10-6-12-8/h5-6,13H,2-4H2,1H3,(H,10,11,12). The highest BCUT2D eigenvalue weighted by molar-refractivity contribution is 7.88. The first-order valence-electron chi connectivity index (χ1n) is 4.63. The van der Waals surface area contributed by atoms with Crippen molar-refractivity contribution in [1.82, 2.24) is 14.7 Å². The van der Waals surface area contributed by atoms with Crippen LogP contribution < -0.4 is 10.0 Å². The van der Waals surface area contributed by atoms with Crippen molar-refractivity contribution in [2.24, 2.45) is 0 Å². The summed E-state index contributed by atoms with van der Waals surface area (Å²) in [6.07, 6.45) is 4.66. The molecule has 0 atom stereocenters. The molecule has 0 aliphatic rings. The molecular formula is C8H13ClN4O2S. The van der Waals surface area contributed by atoms with E-state index < -0.39 is 10.0 Å². The lowest BCUT2D eigenvalue weighted by Gasteiger charge is -2.06. The summed E-state index contributed by atoms with van der Waals surface area (Å²) in [6, 6.07) is 0. The van der Waals surface area contributed by atoms with E-state index in [-0.39, 0.29) is 0 Å². The molecule has 0 aromatic carbocycles. The number of nitrogens with zero attached hydrogens (tertiary/aromatic N) is 2. The molecule has 0 fully saturated rings. The van der Waals surface area contributed by atoms with E-state index in [1.54, 1.807) is 0 Å². The SMILES string of the molecule is CS(=O)(=O)NCCCNc1ncncc1Cl. The predicted molar refractivity (Wildman–Crippen MR) is 63.0 cm³/mol. The molecule has 90 valence electrons. The van der Waals surface area contributed by atoms with Gasteiger partial charge in [0.1, 0.15) is 17.2 Å². The molecule has 8 heteroatoms. The molecular weight excluding hydrogens is 252 g/mol. The number of sulfonamides is 1. The second-order valence-corrected chi connectivity index (χ2v) is 5.41. The van der Waals surface area contributed by atoms with Crippen LogP contribution in [0, 0.1) is 0 Å². The lowest BCUT2D eigenvalue weighted by Crippen LogP contribution is -2.24. The molecule has 0 aliphatic carbocycles. The highest BCUT2D eigenvalue weighted by atomic mass is 35.5. The number of aromatic nitrogens is 2. The van der Waals surface area contributed by atoms with Crippen molar-refractivity contribution >= 4 is 27.4 Å². The van der Waals surface area contributed by atoms with Crippen LogP contribution >= 0.6 is 11.6 Å². The average Bonchev–Trinajstić information content (AvgIpc) is 2.18. The largest absolute Gasteiger partial charge is 0.369 e. The van der Waals surface area contributed by atoms with E-state index in [0.717, 1.165) is 6.26 Å². The molecule has 16 heavy (non-hydrogen) atoms. The second-order valence-electron chi connectivity index (χ2n) is 3.17. The lowest BCUT2D eigenvalue weighted by atomic mass is 10.4. The van der Waals surface area contributed by atoms with Crippen LogP contribution in [0.4, 0.5) is 5.82 Å². The first-order valence-corrected chi connectivity index (χ1v) is 6.90. The van der Waals surface area contributed by atoms with Gasteiger partial charge in [0, 0.05) is 13.1 Å². The van der Waals surface area contributed by atoms with Gasteiger partial charge in [0.15, 0.2) is 0 Å². The molecule has 0 saturated heterocycles. The Hall–Kier alpha value is -0.920. The maximum atomic E-state index is 10.7. The fraction of sp³-hybridized carbons (Fsp3) is 0.500. The van der Waals surface area contributed by atoms with Crippen molar-refractivity contribution < 1.29 is 8.42 Å². The summed E-state index contributed by atoms with van der Waals surface area (Å²) in [7, 11) is -3.11. The first-order chi connectivity index (χ1) is 7.49. The van der Waals surface area contributed by atoms with E-state index in [1.807, 2.05) is 0 Å². The zero-order chi connectivity index (χ0) is 12.0. The third-order valence-electron chi connectivity index (χ3n) is 1.68. The van der Waals surface area contributed by atoms with Gasteiger partial charge in [-0.25, -0.2) is 23.1 Å². The molecule has 0 aliphatic heterocycles. The summed E-state index contributed by atoms with van der Waals surface area (Å²) >= 11 is 5.81. The van der Waals surface area contributed by atoms with E-state index in [4.69, 9.17) is 11.6 Å². The maximum absolute atomic E-state index is 10.7.